The van der Waals surface area contributed by atoms with Crippen LogP contribution in [0.5, 0.6) is 11.5 Å². The summed E-state index contributed by atoms with van der Waals surface area (Å²) < 4.78 is 10.8. The van der Waals surface area contributed by atoms with Gasteiger partial charge in [-0.05, 0) is 36.5 Å². The van der Waals surface area contributed by atoms with Crippen LogP contribution in [-0.4, -0.2) is 31.1 Å². The second-order valence-corrected chi connectivity index (χ2v) is 5.90. The maximum absolute atomic E-state index is 9.54. The molecule has 1 heterocycles. The number of hydrogen-bond acceptors (Lipinski definition) is 5. The molecule has 4 N–H and O–H groups in total. The molecule has 5 nitrogen and oxygen atoms in total. The van der Waals surface area contributed by atoms with Crippen molar-refractivity contribution in [2.24, 2.45) is 11.7 Å². The van der Waals surface area contributed by atoms with Crippen molar-refractivity contribution in [1.29, 1.82) is 0 Å². The molecule has 3 rings (SSSR count). The fraction of sp³-hybridized carbons (Fsp3) is 0.625. The van der Waals surface area contributed by atoms with E-state index in [1.54, 1.807) is 0 Å². The lowest BCUT2D eigenvalue weighted by molar-refractivity contribution is 0.146. The first-order valence-electron chi connectivity index (χ1n) is 7.78. The first kappa shape index (κ1) is 14.6. The summed E-state index contributed by atoms with van der Waals surface area (Å²) in [6.07, 6.45) is 4.62. The summed E-state index contributed by atoms with van der Waals surface area (Å²) in [6, 6.07) is 6.39. The molecule has 3 unspecified atom stereocenters. The highest BCUT2D eigenvalue weighted by molar-refractivity contribution is 5.45. The Morgan fingerprint density at radius 1 is 1.24 bits per heavy atom. The molecule has 1 saturated carbocycles. The van der Waals surface area contributed by atoms with E-state index in [9.17, 15) is 5.11 Å². The monoisotopic (exact) mass is 292 g/mol. The third-order valence-corrected chi connectivity index (χ3v) is 4.59. The zero-order chi connectivity index (χ0) is 14.7. The smallest absolute Gasteiger partial charge is 0.231 e. The average Bonchev–Trinajstić information content (AvgIpc) is 3.00. The van der Waals surface area contributed by atoms with Crippen LogP contribution in [0, 0.1) is 5.92 Å². The third kappa shape index (κ3) is 3.15. The summed E-state index contributed by atoms with van der Waals surface area (Å²) in [6.45, 7) is 1.05. The highest BCUT2D eigenvalue weighted by Gasteiger charge is 2.27. The van der Waals surface area contributed by atoms with E-state index in [2.05, 4.69) is 5.32 Å². The number of rotatable bonds is 5. The molecule has 5 heteroatoms. The van der Waals surface area contributed by atoms with Gasteiger partial charge in [-0.3, -0.25) is 0 Å². The molecule has 21 heavy (non-hydrogen) atoms. The van der Waals surface area contributed by atoms with Crippen LogP contribution >= 0.6 is 0 Å². The lowest BCUT2D eigenvalue weighted by atomic mass is 9.84. The molecule has 0 saturated heterocycles. The topological polar surface area (TPSA) is 76.7 Å². The van der Waals surface area contributed by atoms with E-state index < -0.39 is 0 Å². The number of benzene rings is 1. The standard InChI is InChI=1S/C16H24N2O3/c17-8-14(18-13-4-2-1-3-12(13)9-19)11-5-6-15-16(7-11)21-10-20-15/h5-7,12-14,18-19H,1-4,8-10,17H2. The maximum atomic E-state index is 9.54. The Balaban J connectivity index is 1.72. The predicted octanol–water partition coefficient (Wildman–Crippen LogP) is 1.56. The zero-order valence-corrected chi connectivity index (χ0v) is 12.3. The van der Waals surface area contributed by atoms with Gasteiger partial charge in [0.25, 0.3) is 0 Å². The van der Waals surface area contributed by atoms with Gasteiger partial charge in [-0.1, -0.05) is 18.9 Å². The van der Waals surface area contributed by atoms with Crippen LogP contribution in [-0.2, 0) is 0 Å². The van der Waals surface area contributed by atoms with Gasteiger partial charge >= 0.3 is 0 Å². The molecule has 116 valence electrons. The molecular formula is C16H24N2O3. The lowest BCUT2D eigenvalue weighted by Gasteiger charge is -2.34. The van der Waals surface area contributed by atoms with E-state index in [4.69, 9.17) is 15.2 Å². The molecule has 0 spiro atoms. The molecule has 0 amide bonds. The van der Waals surface area contributed by atoms with Gasteiger partial charge in [0, 0.05) is 25.2 Å². The Bertz CT molecular complexity index is 481. The Kier molecular flexibility index (Phi) is 4.63. The maximum Gasteiger partial charge on any atom is 0.231 e. The number of aliphatic hydroxyl groups is 1. The summed E-state index contributed by atoms with van der Waals surface area (Å²) >= 11 is 0. The van der Waals surface area contributed by atoms with Gasteiger partial charge in [-0.15, -0.1) is 0 Å². The van der Waals surface area contributed by atoms with Gasteiger partial charge in [0.15, 0.2) is 11.5 Å². The van der Waals surface area contributed by atoms with Gasteiger partial charge < -0.3 is 25.6 Å². The second kappa shape index (κ2) is 6.64. The van der Waals surface area contributed by atoms with Gasteiger partial charge in [0.05, 0.1) is 0 Å². The Labute approximate surface area is 125 Å². The molecule has 0 aromatic heterocycles. The van der Waals surface area contributed by atoms with Crippen LogP contribution in [0.4, 0.5) is 0 Å². The van der Waals surface area contributed by atoms with E-state index in [1.165, 1.54) is 12.8 Å². The number of nitrogens with one attached hydrogen (secondary N) is 1. The van der Waals surface area contributed by atoms with Crippen molar-refractivity contribution in [3.63, 3.8) is 0 Å². The van der Waals surface area contributed by atoms with E-state index >= 15 is 0 Å². The van der Waals surface area contributed by atoms with Gasteiger partial charge in [-0.2, -0.15) is 0 Å². The molecule has 1 aliphatic heterocycles. The molecule has 0 radical (unpaired) electrons. The van der Waals surface area contributed by atoms with Gasteiger partial charge in [0.2, 0.25) is 6.79 Å². The van der Waals surface area contributed by atoms with Crippen molar-refractivity contribution in [3.05, 3.63) is 23.8 Å². The predicted molar refractivity (Wildman–Crippen MR) is 80.3 cm³/mol. The van der Waals surface area contributed by atoms with Crippen LogP contribution in [0.25, 0.3) is 0 Å². The van der Waals surface area contributed by atoms with E-state index in [0.29, 0.717) is 18.5 Å². The summed E-state index contributed by atoms with van der Waals surface area (Å²) in [5.41, 5.74) is 7.07. The molecule has 2 aliphatic rings. The minimum Gasteiger partial charge on any atom is -0.454 e. The van der Waals surface area contributed by atoms with E-state index in [-0.39, 0.29) is 19.4 Å². The fourth-order valence-corrected chi connectivity index (χ4v) is 3.33. The first-order valence-corrected chi connectivity index (χ1v) is 7.78. The number of ether oxygens (including phenoxy) is 2. The normalized spacial score (nSPS) is 25.8. The molecular weight excluding hydrogens is 268 g/mol. The number of hydrogen-bond donors (Lipinski definition) is 3. The number of nitrogens with two attached hydrogens (primary N) is 1. The van der Waals surface area contributed by atoms with Crippen molar-refractivity contribution < 1.29 is 14.6 Å². The molecule has 1 aromatic carbocycles. The minimum atomic E-state index is 0.0802. The molecule has 1 aliphatic carbocycles. The fourth-order valence-electron chi connectivity index (χ4n) is 3.33. The lowest BCUT2D eigenvalue weighted by Crippen LogP contribution is -2.44. The Hall–Kier alpha value is -1.30. The molecule has 1 fully saturated rings. The highest BCUT2D eigenvalue weighted by atomic mass is 16.7. The van der Waals surface area contributed by atoms with Crippen molar-refractivity contribution >= 4 is 0 Å². The van der Waals surface area contributed by atoms with Crippen molar-refractivity contribution in [3.8, 4) is 11.5 Å². The number of aliphatic hydroxyl groups excluding tert-OH is 1. The first-order chi connectivity index (χ1) is 10.3. The zero-order valence-electron chi connectivity index (χ0n) is 12.3. The summed E-state index contributed by atoms with van der Waals surface area (Å²) in [5.74, 6) is 1.91. The molecule has 1 aromatic rings. The van der Waals surface area contributed by atoms with Crippen molar-refractivity contribution in [1.82, 2.24) is 5.32 Å². The second-order valence-electron chi connectivity index (χ2n) is 5.90. The molecule has 0 bridgehead atoms. The summed E-state index contributed by atoms with van der Waals surface area (Å²) in [4.78, 5) is 0. The number of fused-ring (bicyclic) bond motifs is 1. The van der Waals surface area contributed by atoms with E-state index in [0.717, 1.165) is 29.9 Å². The van der Waals surface area contributed by atoms with Crippen LogP contribution in [0.1, 0.15) is 37.3 Å². The van der Waals surface area contributed by atoms with E-state index in [1.807, 2.05) is 18.2 Å². The van der Waals surface area contributed by atoms with Crippen LogP contribution < -0.4 is 20.5 Å². The van der Waals surface area contributed by atoms with Gasteiger partial charge in [0.1, 0.15) is 0 Å². The van der Waals surface area contributed by atoms with Crippen LogP contribution in [0.3, 0.4) is 0 Å². The third-order valence-electron chi connectivity index (χ3n) is 4.59. The van der Waals surface area contributed by atoms with Crippen molar-refractivity contribution in [2.45, 2.75) is 37.8 Å². The quantitative estimate of drug-likeness (QED) is 0.767. The minimum absolute atomic E-state index is 0.0802. The Morgan fingerprint density at radius 2 is 2.05 bits per heavy atom. The largest absolute Gasteiger partial charge is 0.454 e. The highest BCUT2D eigenvalue weighted by Crippen LogP contribution is 2.34. The van der Waals surface area contributed by atoms with Gasteiger partial charge in [-0.25, -0.2) is 0 Å². The summed E-state index contributed by atoms with van der Waals surface area (Å²) in [7, 11) is 0. The van der Waals surface area contributed by atoms with Crippen LogP contribution in [0.15, 0.2) is 18.2 Å². The average molecular weight is 292 g/mol. The SMILES string of the molecule is NCC(NC1CCCCC1CO)c1ccc2c(c1)OCO2. The molecule has 3 atom stereocenters. The summed E-state index contributed by atoms with van der Waals surface area (Å²) in [5, 5.41) is 13.2. The Morgan fingerprint density at radius 3 is 2.86 bits per heavy atom. The van der Waals surface area contributed by atoms with Crippen molar-refractivity contribution in [2.75, 3.05) is 19.9 Å². The van der Waals surface area contributed by atoms with Crippen LogP contribution in [0.2, 0.25) is 0 Å².